The number of halogens is 2. The van der Waals surface area contributed by atoms with Gasteiger partial charge in [0.1, 0.15) is 11.6 Å². The van der Waals surface area contributed by atoms with Gasteiger partial charge in [0, 0.05) is 11.1 Å². The quantitative estimate of drug-likeness (QED) is 0.480. The average molecular weight is 409 g/mol. The van der Waals surface area contributed by atoms with Gasteiger partial charge in [-0.2, -0.15) is 0 Å². The first-order chi connectivity index (χ1) is 14.7. The second-order valence-electron chi connectivity index (χ2n) is 8.55. The minimum Gasteiger partial charge on any atom is -0.279 e. The molecule has 0 aromatic heterocycles. The van der Waals surface area contributed by atoms with E-state index in [1.165, 1.54) is 62.8 Å². The van der Waals surface area contributed by atoms with Crippen LogP contribution in [0.15, 0.2) is 58.5 Å². The van der Waals surface area contributed by atoms with E-state index in [1.54, 1.807) is 24.3 Å². The molecule has 2 aliphatic rings. The first kappa shape index (κ1) is 20.9. The van der Waals surface area contributed by atoms with Gasteiger partial charge in [0.2, 0.25) is 0 Å². The fourth-order valence-electron chi connectivity index (χ4n) is 4.55. The van der Waals surface area contributed by atoms with Crippen molar-refractivity contribution in [2.45, 2.75) is 76.3 Å². The molecular weight excluding hydrogens is 378 g/mol. The molecule has 0 heterocycles. The van der Waals surface area contributed by atoms with Crippen LogP contribution in [0.25, 0.3) is 0 Å². The zero-order valence-corrected chi connectivity index (χ0v) is 17.5. The molecule has 4 heteroatoms. The van der Waals surface area contributed by atoms with Crippen molar-refractivity contribution in [2.24, 2.45) is 9.98 Å². The molecule has 0 bridgehead atoms. The minimum absolute atomic E-state index is 0.260. The van der Waals surface area contributed by atoms with Crippen LogP contribution in [0.5, 0.6) is 0 Å². The summed E-state index contributed by atoms with van der Waals surface area (Å²) in [5, 5.41) is 0. The first-order valence-electron chi connectivity index (χ1n) is 11.4. The van der Waals surface area contributed by atoms with Crippen LogP contribution in [-0.2, 0) is 0 Å². The normalized spacial score (nSPS) is 19.8. The second-order valence-corrected chi connectivity index (χ2v) is 8.55. The van der Waals surface area contributed by atoms with E-state index < -0.39 is 0 Å². The van der Waals surface area contributed by atoms with Crippen molar-refractivity contribution in [1.82, 2.24) is 0 Å². The minimum atomic E-state index is -0.261. The molecule has 2 saturated carbocycles. The molecule has 0 amide bonds. The van der Waals surface area contributed by atoms with Gasteiger partial charge >= 0.3 is 0 Å². The molecule has 2 nitrogen and oxygen atoms in total. The van der Waals surface area contributed by atoms with Gasteiger partial charge in [0.15, 0.2) is 0 Å². The maximum absolute atomic E-state index is 13.6. The number of aliphatic imine (C=N–C) groups is 2. The predicted molar refractivity (Wildman–Crippen MR) is 120 cm³/mol. The van der Waals surface area contributed by atoms with Crippen LogP contribution >= 0.6 is 0 Å². The van der Waals surface area contributed by atoms with Crippen LogP contribution in [-0.4, -0.2) is 23.5 Å². The summed E-state index contributed by atoms with van der Waals surface area (Å²) < 4.78 is 27.3. The highest BCUT2D eigenvalue weighted by molar-refractivity contribution is 6.53. The first-order valence-corrected chi connectivity index (χ1v) is 11.4. The Labute approximate surface area is 178 Å². The Balaban J connectivity index is 1.80. The lowest BCUT2D eigenvalue weighted by molar-refractivity contribution is 0.442. The lowest BCUT2D eigenvalue weighted by atomic mass is 9.93. The summed E-state index contributed by atoms with van der Waals surface area (Å²) in [7, 11) is 0. The zero-order valence-electron chi connectivity index (χ0n) is 17.5. The van der Waals surface area contributed by atoms with Crippen molar-refractivity contribution < 1.29 is 8.78 Å². The average Bonchev–Trinajstić information content (AvgIpc) is 2.79. The molecule has 0 saturated heterocycles. The van der Waals surface area contributed by atoms with E-state index in [1.807, 2.05) is 0 Å². The van der Waals surface area contributed by atoms with Crippen molar-refractivity contribution in [3.63, 3.8) is 0 Å². The van der Waals surface area contributed by atoms with Crippen LogP contribution in [0.1, 0.15) is 75.3 Å². The SMILES string of the molecule is Fc1ccc(C(=NC2CCCCC2)C(=NC2CCCCC2)c2ccc(F)cc2)cc1. The monoisotopic (exact) mass is 408 g/mol. The van der Waals surface area contributed by atoms with Gasteiger partial charge in [-0.05, 0) is 74.2 Å². The number of hydrogen-bond donors (Lipinski definition) is 0. The van der Waals surface area contributed by atoms with Crippen LogP contribution in [0, 0.1) is 11.6 Å². The largest absolute Gasteiger partial charge is 0.279 e. The van der Waals surface area contributed by atoms with Gasteiger partial charge in [0.25, 0.3) is 0 Å². The molecule has 4 rings (SSSR count). The molecule has 2 fully saturated rings. The van der Waals surface area contributed by atoms with Crippen LogP contribution < -0.4 is 0 Å². The second kappa shape index (κ2) is 10.1. The van der Waals surface area contributed by atoms with E-state index in [0.717, 1.165) is 48.2 Å². The van der Waals surface area contributed by atoms with Gasteiger partial charge in [-0.1, -0.05) is 38.5 Å². The molecule has 30 heavy (non-hydrogen) atoms. The molecule has 2 aliphatic carbocycles. The number of rotatable bonds is 5. The molecular formula is C26H30F2N2. The van der Waals surface area contributed by atoms with Crippen molar-refractivity contribution in [3.05, 3.63) is 71.3 Å². The highest BCUT2D eigenvalue weighted by Gasteiger charge is 2.21. The highest BCUT2D eigenvalue weighted by atomic mass is 19.1. The molecule has 2 aromatic carbocycles. The van der Waals surface area contributed by atoms with E-state index in [4.69, 9.17) is 9.98 Å². The summed E-state index contributed by atoms with van der Waals surface area (Å²) in [5.74, 6) is -0.522. The third-order valence-corrected chi connectivity index (χ3v) is 6.23. The van der Waals surface area contributed by atoms with E-state index >= 15 is 0 Å². The Morgan fingerprint density at radius 2 is 0.867 bits per heavy atom. The Morgan fingerprint density at radius 1 is 0.533 bits per heavy atom. The lowest BCUT2D eigenvalue weighted by Gasteiger charge is -2.23. The molecule has 0 aliphatic heterocycles. The van der Waals surface area contributed by atoms with E-state index in [2.05, 4.69) is 0 Å². The van der Waals surface area contributed by atoms with Crippen molar-refractivity contribution in [3.8, 4) is 0 Å². The Kier molecular flexibility index (Phi) is 7.03. The zero-order chi connectivity index (χ0) is 20.8. The standard InChI is InChI=1S/C26H30F2N2/c27-21-15-11-19(12-16-21)25(29-23-7-3-1-4-8-23)26(20-13-17-22(28)18-14-20)30-24-9-5-2-6-10-24/h11-18,23-24H,1-10H2. The molecule has 158 valence electrons. The summed E-state index contributed by atoms with van der Waals surface area (Å²) >= 11 is 0. The summed E-state index contributed by atoms with van der Waals surface area (Å²) in [6.07, 6.45) is 11.6. The molecule has 2 aromatic rings. The summed E-state index contributed by atoms with van der Waals surface area (Å²) in [5.41, 5.74) is 3.39. The third-order valence-electron chi connectivity index (χ3n) is 6.23. The smallest absolute Gasteiger partial charge is 0.123 e. The lowest BCUT2D eigenvalue weighted by Crippen LogP contribution is -2.24. The Hall–Kier alpha value is -2.36. The molecule has 0 N–H and O–H groups in total. The molecule has 0 atom stereocenters. The Morgan fingerprint density at radius 3 is 1.20 bits per heavy atom. The van der Waals surface area contributed by atoms with E-state index in [9.17, 15) is 8.78 Å². The van der Waals surface area contributed by atoms with Gasteiger partial charge in [-0.25, -0.2) is 8.78 Å². The van der Waals surface area contributed by atoms with Crippen molar-refractivity contribution >= 4 is 11.4 Å². The van der Waals surface area contributed by atoms with Crippen molar-refractivity contribution in [1.29, 1.82) is 0 Å². The van der Waals surface area contributed by atoms with Gasteiger partial charge in [-0.15, -0.1) is 0 Å². The molecule has 0 radical (unpaired) electrons. The van der Waals surface area contributed by atoms with Crippen molar-refractivity contribution in [2.75, 3.05) is 0 Å². The fraction of sp³-hybridized carbons (Fsp3) is 0.462. The number of benzene rings is 2. The highest BCUT2D eigenvalue weighted by Crippen LogP contribution is 2.25. The summed E-state index contributed by atoms with van der Waals surface area (Å²) in [6.45, 7) is 0. The number of hydrogen-bond acceptors (Lipinski definition) is 2. The van der Waals surface area contributed by atoms with Gasteiger partial charge < -0.3 is 0 Å². The van der Waals surface area contributed by atoms with Gasteiger partial charge in [0.05, 0.1) is 23.5 Å². The van der Waals surface area contributed by atoms with E-state index in [-0.39, 0.29) is 23.7 Å². The summed E-state index contributed by atoms with van der Waals surface area (Å²) in [4.78, 5) is 10.3. The van der Waals surface area contributed by atoms with Gasteiger partial charge in [-0.3, -0.25) is 9.98 Å². The maximum atomic E-state index is 13.6. The van der Waals surface area contributed by atoms with Crippen LogP contribution in [0.2, 0.25) is 0 Å². The third kappa shape index (κ3) is 5.41. The topological polar surface area (TPSA) is 24.7 Å². The van der Waals surface area contributed by atoms with Crippen LogP contribution in [0.4, 0.5) is 8.78 Å². The fourth-order valence-corrected chi connectivity index (χ4v) is 4.55. The maximum Gasteiger partial charge on any atom is 0.123 e. The molecule has 0 spiro atoms. The van der Waals surface area contributed by atoms with E-state index in [0.29, 0.717) is 0 Å². The van der Waals surface area contributed by atoms with Crippen LogP contribution in [0.3, 0.4) is 0 Å². The summed E-state index contributed by atoms with van der Waals surface area (Å²) in [6, 6.07) is 13.6. The predicted octanol–water partition coefficient (Wildman–Crippen LogP) is 6.91. The number of nitrogens with zero attached hydrogens (tertiary/aromatic N) is 2. The Bertz CT molecular complexity index is 797. The molecule has 0 unspecified atom stereocenters.